The third-order valence-corrected chi connectivity index (χ3v) is 8.09. The van der Waals surface area contributed by atoms with Gasteiger partial charge in [-0.3, -0.25) is 0 Å². The molecule has 0 aromatic carbocycles. The summed E-state index contributed by atoms with van der Waals surface area (Å²) in [5.74, 6) is 2.23. The second-order valence-corrected chi connectivity index (χ2v) is 10.9. The SMILES string of the molecule is C\C=C/C=C(C=N)/C(=N/O)/N=C(\C)C1CCN(c2nc3c(c(N[C@@H](CO)C(C)C)n2)[S+]([O-])CC3)CC1. The van der Waals surface area contributed by atoms with Gasteiger partial charge in [-0.25, -0.2) is 9.98 Å². The molecule has 1 aromatic heterocycles. The van der Waals surface area contributed by atoms with Crippen LogP contribution in [0.4, 0.5) is 11.8 Å². The van der Waals surface area contributed by atoms with Crippen molar-refractivity contribution in [1.82, 2.24) is 9.97 Å². The Kier molecular flexibility index (Phi) is 10.0. The maximum atomic E-state index is 12.6. The maximum absolute atomic E-state index is 12.6. The predicted molar refractivity (Wildman–Crippen MR) is 145 cm³/mol. The van der Waals surface area contributed by atoms with E-state index in [1.54, 1.807) is 12.2 Å². The van der Waals surface area contributed by atoms with Crippen molar-refractivity contribution < 1.29 is 14.9 Å². The zero-order valence-corrected chi connectivity index (χ0v) is 22.3. The van der Waals surface area contributed by atoms with E-state index in [9.17, 15) is 14.9 Å². The Morgan fingerprint density at radius 1 is 1.33 bits per heavy atom. The molecule has 0 spiro atoms. The number of hydrogen-bond acceptors (Lipinski definition) is 9. The van der Waals surface area contributed by atoms with Crippen molar-refractivity contribution in [3.8, 4) is 0 Å². The van der Waals surface area contributed by atoms with Gasteiger partial charge in [0.1, 0.15) is 11.4 Å². The molecule has 1 aromatic rings. The summed E-state index contributed by atoms with van der Waals surface area (Å²) in [7, 11) is 0. The van der Waals surface area contributed by atoms with E-state index < -0.39 is 11.2 Å². The van der Waals surface area contributed by atoms with Crippen LogP contribution in [0.1, 0.15) is 46.2 Å². The summed E-state index contributed by atoms with van der Waals surface area (Å²) in [6, 6.07) is -0.186. The number of rotatable bonds is 9. The van der Waals surface area contributed by atoms with Crippen LogP contribution in [0.3, 0.4) is 0 Å². The number of aliphatic hydroxyl groups is 1. The molecule has 10 nitrogen and oxygen atoms in total. The number of allylic oxidation sites excluding steroid dienone is 3. The summed E-state index contributed by atoms with van der Waals surface area (Å²) in [5, 5.41) is 33.5. The fraction of sp³-hybridized carbons (Fsp3) is 0.560. The number of piperidine rings is 1. The minimum Gasteiger partial charge on any atom is -0.611 e. The van der Waals surface area contributed by atoms with Crippen molar-refractivity contribution in [2.75, 3.05) is 35.7 Å². The van der Waals surface area contributed by atoms with Gasteiger partial charge in [-0.2, -0.15) is 4.98 Å². The van der Waals surface area contributed by atoms with Crippen LogP contribution >= 0.6 is 0 Å². The molecule has 2 aliphatic heterocycles. The fourth-order valence-corrected chi connectivity index (χ4v) is 5.62. The van der Waals surface area contributed by atoms with Gasteiger partial charge in [0.25, 0.3) is 0 Å². The molecule has 3 rings (SSSR count). The van der Waals surface area contributed by atoms with Crippen LogP contribution in [0.5, 0.6) is 0 Å². The van der Waals surface area contributed by atoms with E-state index in [-0.39, 0.29) is 30.3 Å². The summed E-state index contributed by atoms with van der Waals surface area (Å²) in [6.45, 7) is 9.26. The zero-order valence-electron chi connectivity index (χ0n) is 21.4. The largest absolute Gasteiger partial charge is 0.611 e. The molecule has 2 aliphatic rings. The van der Waals surface area contributed by atoms with Crippen LogP contribution in [0, 0.1) is 17.2 Å². The van der Waals surface area contributed by atoms with Gasteiger partial charge in [0.2, 0.25) is 10.8 Å². The monoisotopic (exact) mass is 515 g/mol. The molecule has 1 unspecified atom stereocenters. The molecule has 11 heteroatoms. The van der Waals surface area contributed by atoms with Crippen molar-refractivity contribution in [2.24, 2.45) is 22.0 Å². The zero-order chi connectivity index (χ0) is 26.2. The number of aryl methyl sites for hydroxylation is 1. The summed E-state index contributed by atoms with van der Waals surface area (Å²) in [6.07, 6.45) is 8.72. The fourth-order valence-electron chi connectivity index (χ4n) is 4.31. The smallest absolute Gasteiger partial charge is 0.227 e. The van der Waals surface area contributed by atoms with Crippen molar-refractivity contribution in [3.63, 3.8) is 0 Å². The Bertz CT molecular complexity index is 1050. The molecule has 196 valence electrons. The van der Waals surface area contributed by atoms with Gasteiger partial charge in [-0.1, -0.05) is 31.2 Å². The van der Waals surface area contributed by atoms with Crippen molar-refractivity contribution in [2.45, 2.75) is 57.9 Å². The molecule has 0 aliphatic carbocycles. The Morgan fingerprint density at radius 2 is 2.06 bits per heavy atom. The number of oxime groups is 1. The van der Waals surface area contributed by atoms with Crippen LogP contribution in [-0.2, 0) is 17.6 Å². The van der Waals surface area contributed by atoms with Gasteiger partial charge in [0.05, 0.1) is 12.6 Å². The number of aliphatic hydroxyl groups excluding tert-OH is 1. The highest BCUT2D eigenvalue weighted by atomic mass is 32.2. The van der Waals surface area contributed by atoms with E-state index in [4.69, 9.17) is 15.4 Å². The standard InChI is InChI=1S/C25H37N7O3S/c1-5-6-7-19(14-26)23(31-34)27-17(4)18-8-11-32(12-9-18)25-29-20-10-13-36(35)22(20)24(30-25)28-21(15-33)16(2)3/h5-7,14,16,18,21,26,33-34H,8-13,15H2,1-4H3,(H,28,29,30)/b6-5-,19-7+,26-14?,27-17+,31-23-/t21-,36?/m0/s1. The van der Waals surface area contributed by atoms with E-state index in [0.717, 1.165) is 43.6 Å². The predicted octanol–water partition coefficient (Wildman–Crippen LogP) is 3.19. The summed E-state index contributed by atoms with van der Waals surface area (Å²) in [5.41, 5.74) is 2.10. The molecule has 4 N–H and O–H groups in total. The lowest BCUT2D eigenvalue weighted by atomic mass is 9.92. The second-order valence-electron chi connectivity index (χ2n) is 9.36. The van der Waals surface area contributed by atoms with Crippen molar-refractivity contribution in [1.29, 1.82) is 5.41 Å². The Hall–Kier alpha value is -2.76. The summed E-state index contributed by atoms with van der Waals surface area (Å²) >= 11 is -1.14. The Morgan fingerprint density at radius 3 is 2.64 bits per heavy atom. The van der Waals surface area contributed by atoms with E-state index in [1.165, 1.54) is 0 Å². The molecular formula is C25H37N7O3S. The molecule has 0 saturated carbocycles. The minimum absolute atomic E-state index is 0.0365. The van der Waals surface area contributed by atoms with Gasteiger partial charge in [0.15, 0.2) is 11.7 Å². The van der Waals surface area contributed by atoms with Gasteiger partial charge >= 0.3 is 0 Å². The van der Waals surface area contributed by atoms with Crippen LogP contribution in [-0.4, -0.2) is 74.1 Å². The lowest BCUT2D eigenvalue weighted by molar-refractivity contribution is 0.248. The average Bonchev–Trinajstić information content (AvgIpc) is 3.27. The normalized spacial score (nSPS) is 20.8. The van der Waals surface area contributed by atoms with Crippen LogP contribution in [0.15, 0.2) is 38.8 Å². The lowest BCUT2D eigenvalue weighted by Gasteiger charge is -2.32. The number of aliphatic imine (C=N–C) groups is 1. The van der Waals surface area contributed by atoms with Crippen LogP contribution in [0.25, 0.3) is 0 Å². The molecule has 3 heterocycles. The number of fused-ring (bicyclic) bond motifs is 1. The highest BCUT2D eigenvalue weighted by Crippen LogP contribution is 2.34. The van der Waals surface area contributed by atoms with Gasteiger partial charge in [-0.05, 0) is 49.9 Å². The highest BCUT2D eigenvalue weighted by Gasteiger charge is 2.34. The van der Waals surface area contributed by atoms with Gasteiger partial charge in [-0.15, -0.1) is 0 Å². The minimum atomic E-state index is -1.14. The quantitative estimate of drug-likeness (QED) is 0.0983. The summed E-state index contributed by atoms with van der Waals surface area (Å²) in [4.78, 5) is 16.8. The topological polar surface area (TPSA) is 153 Å². The number of anilines is 2. The van der Waals surface area contributed by atoms with Crippen molar-refractivity contribution in [3.05, 3.63) is 29.5 Å². The first-order valence-electron chi connectivity index (χ1n) is 12.4. The van der Waals surface area contributed by atoms with Crippen LogP contribution in [0.2, 0.25) is 0 Å². The maximum Gasteiger partial charge on any atom is 0.227 e. The van der Waals surface area contributed by atoms with Crippen LogP contribution < -0.4 is 10.2 Å². The third-order valence-electron chi connectivity index (χ3n) is 6.63. The lowest BCUT2D eigenvalue weighted by Crippen LogP contribution is -2.37. The molecule has 2 atom stereocenters. The highest BCUT2D eigenvalue weighted by molar-refractivity contribution is 7.91. The molecule has 36 heavy (non-hydrogen) atoms. The number of aromatic nitrogens is 2. The van der Waals surface area contributed by atoms with E-state index in [2.05, 4.69) is 20.4 Å². The number of hydrogen-bond donors (Lipinski definition) is 4. The Labute approximate surface area is 216 Å². The van der Waals surface area contributed by atoms with Gasteiger partial charge < -0.3 is 30.5 Å². The molecule has 1 saturated heterocycles. The van der Waals surface area contributed by atoms with Crippen molar-refractivity contribution >= 4 is 40.7 Å². The number of nitrogens with zero attached hydrogens (tertiary/aromatic N) is 5. The number of nitrogens with one attached hydrogen (secondary N) is 2. The Balaban J connectivity index is 1.76. The second kappa shape index (κ2) is 13.0. The molecular weight excluding hydrogens is 478 g/mol. The first kappa shape index (κ1) is 27.8. The third kappa shape index (κ3) is 6.51. The van der Waals surface area contributed by atoms with Gasteiger partial charge in [0, 0.05) is 42.9 Å². The van der Waals surface area contributed by atoms with E-state index in [0.29, 0.717) is 34.4 Å². The first-order valence-corrected chi connectivity index (χ1v) is 13.7. The molecule has 0 bridgehead atoms. The molecule has 1 fully saturated rings. The first-order chi connectivity index (χ1) is 17.3. The molecule has 0 amide bonds. The average molecular weight is 516 g/mol. The van der Waals surface area contributed by atoms with E-state index in [1.807, 2.05) is 33.8 Å². The summed E-state index contributed by atoms with van der Waals surface area (Å²) < 4.78 is 12.6. The molecule has 0 radical (unpaired) electrons. The number of amidine groups is 1. The van der Waals surface area contributed by atoms with E-state index >= 15 is 0 Å².